The second-order valence-corrected chi connectivity index (χ2v) is 6.07. The van der Waals surface area contributed by atoms with Crippen LogP contribution in [0.4, 0.5) is 4.79 Å². The second kappa shape index (κ2) is 8.96. The van der Waals surface area contributed by atoms with Crippen molar-refractivity contribution in [1.82, 2.24) is 20.2 Å². The number of benzene rings is 1. The number of amides is 2. The number of carbonyl (C=O) groups excluding carboxylic acids is 1. The van der Waals surface area contributed by atoms with E-state index in [1.807, 2.05) is 36.7 Å². The first kappa shape index (κ1) is 17.8. The van der Waals surface area contributed by atoms with E-state index in [9.17, 15) is 4.79 Å². The quantitative estimate of drug-likeness (QED) is 0.782. The third kappa shape index (κ3) is 5.95. The minimum atomic E-state index is -0.134. The maximum absolute atomic E-state index is 12.0. The van der Waals surface area contributed by atoms with Gasteiger partial charge in [0.05, 0.1) is 13.4 Å². The average Bonchev–Trinajstić information content (AvgIpc) is 3.06. The fourth-order valence-electron chi connectivity index (χ4n) is 2.49. The number of nitrogens with one attached hydrogen (secondary N) is 2. The summed E-state index contributed by atoms with van der Waals surface area (Å²) in [7, 11) is 1.66. The van der Waals surface area contributed by atoms with Gasteiger partial charge in [0.25, 0.3) is 0 Å². The van der Waals surface area contributed by atoms with E-state index in [0.717, 1.165) is 18.6 Å². The molecule has 2 rings (SSSR count). The van der Waals surface area contributed by atoms with Crippen molar-refractivity contribution in [2.75, 3.05) is 7.11 Å². The van der Waals surface area contributed by atoms with Crippen LogP contribution in [-0.4, -0.2) is 34.8 Å². The van der Waals surface area contributed by atoms with Gasteiger partial charge in [0.1, 0.15) is 5.75 Å². The first-order valence-electron chi connectivity index (χ1n) is 8.22. The molecular weight excluding hydrogens is 304 g/mol. The van der Waals surface area contributed by atoms with Crippen molar-refractivity contribution in [3.8, 4) is 5.75 Å². The van der Waals surface area contributed by atoms with Crippen LogP contribution in [0.5, 0.6) is 5.75 Å². The predicted molar refractivity (Wildman–Crippen MR) is 94.1 cm³/mol. The van der Waals surface area contributed by atoms with E-state index in [1.165, 1.54) is 5.56 Å². The number of nitrogens with zero attached hydrogens (tertiary/aromatic N) is 2. The van der Waals surface area contributed by atoms with Gasteiger partial charge in [-0.05, 0) is 44.4 Å². The molecule has 1 aromatic heterocycles. The van der Waals surface area contributed by atoms with Gasteiger partial charge >= 0.3 is 6.03 Å². The van der Waals surface area contributed by atoms with Gasteiger partial charge in [0.2, 0.25) is 0 Å². The van der Waals surface area contributed by atoms with Crippen molar-refractivity contribution < 1.29 is 9.53 Å². The van der Waals surface area contributed by atoms with Crippen LogP contribution in [0.25, 0.3) is 0 Å². The molecule has 0 saturated carbocycles. The Hall–Kier alpha value is -2.50. The number of aromatic nitrogens is 2. The predicted octanol–water partition coefficient (Wildman–Crippen LogP) is 2.60. The van der Waals surface area contributed by atoms with Gasteiger partial charge in [-0.2, -0.15) is 0 Å². The number of ether oxygens (including phenoxy) is 1. The average molecular weight is 330 g/mol. The first-order valence-corrected chi connectivity index (χ1v) is 8.22. The molecule has 2 aromatic rings. The largest absolute Gasteiger partial charge is 0.497 e. The van der Waals surface area contributed by atoms with Gasteiger partial charge in [0.15, 0.2) is 0 Å². The lowest BCUT2D eigenvalue weighted by Gasteiger charge is -2.18. The standard InChI is InChI=1S/C18H26N4O2/c1-14(4-5-16-6-8-17(24-3)9-7-16)20-18(23)21-15(2)12-22-11-10-19-13-22/h6-11,13-15H,4-5,12H2,1-3H3,(H2,20,21,23). The van der Waals surface area contributed by atoms with Crippen molar-refractivity contribution in [3.63, 3.8) is 0 Å². The molecule has 0 aliphatic carbocycles. The van der Waals surface area contributed by atoms with E-state index in [2.05, 4.69) is 27.8 Å². The van der Waals surface area contributed by atoms with Crippen LogP contribution in [0.15, 0.2) is 43.0 Å². The molecule has 0 bridgehead atoms. The lowest BCUT2D eigenvalue weighted by atomic mass is 10.1. The number of hydrogen-bond acceptors (Lipinski definition) is 3. The van der Waals surface area contributed by atoms with Crippen LogP contribution in [0.2, 0.25) is 0 Å². The summed E-state index contributed by atoms with van der Waals surface area (Å²) < 4.78 is 7.09. The van der Waals surface area contributed by atoms with Crippen molar-refractivity contribution in [1.29, 1.82) is 0 Å². The SMILES string of the molecule is COc1ccc(CCC(C)NC(=O)NC(C)Cn2ccnc2)cc1. The molecule has 2 atom stereocenters. The Morgan fingerprint density at radius 3 is 2.54 bits per heavy atom. The van der Waals surface area contributed by atoms with Crippen LogP contribution < -0.4 is 15.4 Å². The normalized spacial score (nSPS) is 13.1. The number of rotatable bonds is 8. The minimum absolute atomic E-state index is 0.0352. The van der Waals surface area contributed by atoms with Crippen LogP contribution in [0, 0.1) is 0 Å². The molecule has 24 heavy (non-hydrogen) atoms. The van der Waals surface area contributed by atoms with E-state index >= 15 is 0 Å². The van der Waals surface area contributed by atoms with E-state index in [4.69, 9.17) is 4.74 Å². The summed E-state index contributed by atoms with van der Waals surface area (Å²) in [5, 5.41) is 5.93. The lowest BCUT2D eigenvalue weighted by Crippen LogP contribution is -2.45. The summed E-state index contributed by atoms with van der Waals surface area (Å²) in [5.74, 6) is 0.858. The molecule has 2 amide bonds. The molecule has 1 heterocycles. The molecule has 6 nitrogen and oxygen atoms in total. The maximum atomic E-state index is 12.0. The number of aryl methyl sites for hydroxylation is 1. The monoisotopic (exact) mass is 330 g/mol. The van der Waals surface area contributed by atoms with Gasteiger partial charge in [-0.3, -0.25) is 0 Å². The summed E-state index contributed by atoms with van der Waals surface area (Å²) in [6, 6.07) is 8.03. The van der Waals surface area contributed by atoms with Crippen molar-refractivity contribution in [2.45, 2.75) is 45.3 Å². The number of methoxy groups -OCH3 is 1. The zero-order valence-electron chi connectivity index (χ0n) is 14.5. The van der Waals surface area contributed by atoms with E-state index in [-0.39, 0.29) is 18.1 Å². The number of carbonyl (C=O) groups is 1. The van der Waals surface area contributed by atoms with Gasteiger partial charge in [-0.1, -0.05) is 12.1 Å². The van der Waals surface area contributed by atoms with Crippen molar-refractivity contribution in [2.24, 2.45) is 0 Å². The molecule has 0 aliphatic rings. The zero-order chi connectivity index (χ0) is 17.4. The summed E-state index contributed by atoms with van der Waals surface area (Å²) in [4.78, 5) is 16.0. The molecule has 0 aliphatic heterocycles. The van der Waals surface area contributed by atoms with Crippen molar-refractivity contribution in [3.05, 3.63) is 48.5 Å². The summed E-state index contributed by atoms with van der Waals surface area (Å²) in [6.07, 6.45) is 7.15. The van der Waals surface area contributed by atoms with Crippen LogP contribution >= 0.6 is 0 Å². The fourth-order valence-corrected chi connectivity index (χ4v) is 2.49. The van der Waals surface area contributed by atoms with Gasteiger partial charge in [-0.15, -0.1) is 0 Å². The topological polar surface area (TPSA) is 68.2 Å². The smallest absolute Gasteiger partial charge is 0.315 e. The van der Waals surface area contributed by atoms with E-state index in [0.29, 0.717) is 6.54 Å². The number of urea groups is 1. The van der Waals surface area contributed by atoms with Gasteiger partial charge in [-0.25, -0.2) is 9.78 Å². The molecule has 0 saturated heterocycles. The number of imidazole rings is 1. The molecule has 2 N–H and O–H groups in total. The third-order valence-electron chi connectivity index (χ3n) is 3.82. The van der Waals surface area contributed by atoms with Crippen molar-refractivity contribution >= 4 is 6.03 Å². The van der Waals surface area contributed by atoms with Crippen LogP contribution in [-0.2, 0) is 13.0 Å². The third-order valence-corrected chi connectivity index (χ3v) is 3.82. The highest BCUT2D eigenvalue weighted by molar-refractivity contribution is 5.74. The van der Waals surface area contributed by atoms with Crippen LogP contribution in [0.3, 0.4) is 0 Å². The Morgan fingerprint density at radius 2 is 1.92 bits per heavy atom. The Balaban J connectivity index is 1.68. The summed E-state index contributed by atoms with van der Waals surface area (Å²) >= 11 is 0. The number of hydrogen-bond donors (Lipinski definition) is 2. The highest BCUT2D eigenvalue weighted by atomic mass is 16.5. The van der Waals surface area contributed by atoms with Crippen LogP contribution in [0.1, 0.15) is 25.8 Å². The Bertz CT molecular complexity index is 610. The zero-order valence-corrected chi connectivity index (χ0v) is 14.5. The molecule has 130 valence electrons. The minimum Gasteiger partial charge on any atom is -0.497 e. The highest BCUT2D eigenvalue weighted by Crippen LogP contribution is 2.13. The molecule has 0 radical (unpaired) electrons. The molecule has 0 fully saturated rings. The second-order valence-electron chi connectivity index (χ2n) is 6.07. The van der Waals surface area contributed by atoms with E-state index < -0.39 is 0 Å². The maximum Gasteiger partial charge on any atom is 0.315 e. The Morgan fingerprint density at radius 1 is 1.21 bits per heavy atom. The molecule has 2 unspecified atom stereocenters. The van der Waals surface area contributed by atoms with Gasteiger partial charge in [0, 0.05) is 31.0 Å². The Kier molecular flexibility index (Phi) is 6.66. The molecule has 6 heteroatoms. The summed E-state index contributed by atoms with van der Waals surface area (Å²) in [6.45, 7) is 4.69. The molecule has 1 aromatic carbocycles. The first-order chi connectivity index (χ1) is 11.6. The van der Waals surface area contributed by atoms with Gasteiger partial charge < -0.3 is 19.9 Å². The summed E-state index contributed by atoms with van der Waals surface area (Å²) in [5.41, 5.74) is 1.23. The van der Waals surface area contributed by atoms with E-state index in [1.54, 1.807) is 19.6 Å². The highest BCUT2D eigenvalue weighted by Gasteiger charge is 2.11. The lowest BCUT2D eigenvalue weighted by molar-refractivity contribution is 0.233. The fraction of sp³-hybridized carbons (Fsp3) is 0.444. The molecular formula is C18H26N4O2. The molecule has 0 spiro atoms. The Labute approximate surface area is 143 Å².